The number of Topliss-reactive ketones (excluding diaryl/α,β-unsaturated/α-hetero) is 1. The van der Waals surface area contributed by atoms with Gasteiger partial charge in [0.15, 0.2) is 5.78 Å². The number of carbonyl (C=O) groups excluding carboxylic acids is 2. The smallest absolute Gasteiger partial charge is 0.249 e. The standard InChI is InChI=1S/C28H27N3O3/c1-19-26(20(2)31(30-19)17-23-8-6-7-11-25(23)28(29)33)16-27(32)22-14-12-21(13-15-22)18-34-24-9-4-3-5-10-24/h3-15H,16-18H2,1-2H3,(H2,29,33). The maximum absolute atomic E-state index is 13.0. The fourth-order valence-electron chi connectivity index (χ4n) is 3.94. The van der Waals surface area contributed by atoms with Gasteiger partial charge in [0.1, 0.15) is 12.4 Å². The number of primary amides is 1. The highest BCUT2D eigenvalue weighted by atomic mass is 16.5. The quantitative estimate of drug-likeness (QED) is 0.374. The molecule has 0 aliphatic heterocycles. The third kappa shape index (κ3) is 5.23. The zero-order chi connectivity index (χ0) is 24.1. The molecule has 1 aromatic heterocycles. The molecular weight excluding hydrogens is 426 g/mol. The number of aromatic nitrogens is 2. The van der Waals surface area contributed by atoms with Crippen molar-refractivity contribution in [2.75, 3.05) is 0 Å². The van der Waals surface area contributed by atoms with Gasteiger partial charge >= 0.3 is 0 Å². The fourth-order valence-corrected chi connectivity index (χ4v) is 3.94. The van der Waals surface area contributed by atoms with Crippen molar-refractivity contribution in [1.82, 2.24) is 9.78 Å². The van der Waals surface area contributed by atoms with E-state index in [2.05, 4.69) is 5.10 Å². The van der Waals surface area contributed by atoms with Gasteiger partial charge in [0.25, 0.3) is 0 Å². The summed E-state index contributed by atoms with van der Waals surface area (Å²) in [6.07, 6.45) is 0.259. The van der Waals surface area contributed by atoms with Gasteiger partial charge in [-0.1, -0.05) is 60.7 Å². The van der Waals surface area contributed by atoms with Crippen molar-refractivity contribution >= 4 is 11.7 Å². The van der Waals surface area contributed by atoms with Crippen LogP contribution in [0.3, 0.4) is 0 Å². The summed E-state index contributed by atoms with van der Waals surface area (Å²) in [6, 6.07) is 24.4. The normalized spacial score (nSPS) is 10.8. The summed E-state index contributed by atoms with van der Waals surface area (Å²) >= 11 is 0. The van der Waals surface area contributed by atoms with Crippen LogP contribution in [0.15, 0.2) is 78.9 Å². The zero-order valence-corrected chi connectivity index (χ0v) is 19.3. The molecule has 34 heavy (non-hydrogen) atoms. The van der Waals surface area contributed by atoms with Gasteiger partial charge in [0.2, 0.25) is 5.91 Å². The molecule has 1 amide bonds. The summed E-state index contributed by atoms with van der Waals surface area (Å²) in [5, 5.41) is 4.62. The Labute approximate surface area is 199 Å². The minimum atomic E-state index is -0.467. The minimum absolute atomic E-state index is 0.0267. The second-order valence-corrected chi connectivity index (χ2v) is 8.23. The van der Waals surface area contributed by atoms with Crippen molar-refractivity contribution in [3.63, 3.8) is 0 Å². The van der Waals surface area contributed by atoms with Crippen LogP contribution in [-0.4, -0.2) is 21.5 Å². The number of hydrogen-bond acceptors (Lipinski definition) is 4. The van der Waals surface area contributed by atoms with Crippen molar-refractivity contribution in [1.29, 1.82) is 0 Å². The molecule has 0 fully saturated rings. The molecule has 2 N–H and O–H groups in total. The van der Waals surface area contributed by atoms with Crippen LogP contribution in [0, 0.1) is 13.8 Å². The van der Waals surface area contributed by atoms with Crippen molar-refractivity contribution in [2.24, 2.45) is 5.73 Å². The monoisotopic (exact) mass is 453 g/mol. The number of rotatable bonds is 9. The summed E-state index contributed by atoms with van der Waals surface area (Å²) < 4.78 is 7.59. The molecule has 3 aromatic carbocycles. The number of para-hydroxylation sites is 1. The number of ether oxygens (including phenoxy) is 1. The van der Waals surface area contributed by atoms with E-state index < -0.39 is 5.91 Å². The molecule has 0 spiro atoms. The van der Waals surface area contributed by atoms with E-state index in [-0.39, 0.29) is 12.2 Å². The van der Waals surface area contributed by atoms with Crippen molar-refractivity contribution < 1.29 is 14.3 Å². The lowest BCUT2D eigenvalue weighted by atomic mass is 10.0. The number of nitrogens with zero attached hydrogens (tertiary/aromatic N) is 2. The molecule has 1 heterocycles. The summed E-state index contributed by atoms with van der Waals surface area (Å²) in [7, 11) is 0. The first-order chi connectivity index (χ1) is 16.4. The van der Waals surface area contributed by atoms with Crippen LogP contribution in [0.25, 0.3) is 0 Å². The predicted molar refractivity (Wildman–Crippen MR) is 131 cm³/mol. The van der Waals surface area contributed by atoms with Gasteiger partial charge in [0.05, 0.1) is 12.2 Å². The maximum Gasteiger partial charge on any atom is 0.249 e. The second-order valence-electron chi connectivity index (χ2n) is 8.23. The molecule has 0 aliphatic carbocycles. The van der Waals surface area contributed by atoms with E-state index in [0.29, 0.717) is 24.3 Å². The molecule has 0 aliphatic rings. The minimum Gasteiger partial charge on any atom is -0.489 e. The number of amides is 1. The largest absolute Gasteiger partial charge is 0.489 e. The number of ketones is 1. The molecule has 0 saturated heterocycles. The molecule has 6 nitrogen and oxygen atoms in total. The van der Waals surface area contributed by atoms with E-state index in [4.69, 9.17) is 10.5 Å². The molecule has 0 atom stereocenters. The Morgan fingerprint density at radius 3 is 2.29 bits per heavy atom. The van der Waals surface area contributed by atoms with Crippen LogP contribution in [0.2, 0.25) is 0 Å². The third-order valence-electron chi connectivity index (χ3n) is 5.90. The lowest BCUT2D eigenvalue weighted by Gasteiger charge is -2.09. The highest BCUT2D eigenvalue weighted by molar-refractivity contribution is 5.97. The summed E-state index contributed by atoms with van der Waals surface area (Å²) in [6.45, 7) is 4.70. The Balaban J connectivity index is 1.44. The Kier molecular flexibility index (Phi) is 6.87. The molecule has 172 valence electrons. The Hall–Kier alpha value is -4.19. The number of hydrogen-bond donors (Lipinski definition) is 1. The highest BCUT2D eigenvalue weighted by Crippen LogP contribution is 2.19. The van der Waals surface area contributed by atoms with E-state index >= 15 is 0 Å². The third-order valence-corrected chi connectivity index (χ3v) is 5.90. The van der Waals surface area contributed by atoms with Crippen LogP contribution in [0.4, 0.5) is 0 Å². The summed E-state index contributed by atoms with van der Waals surface area (Å²) in [5.74, 6) is 0.369. The number of benzene rings is 3. The number of carbonyl (C=O) groups is 2. The molecule has 0 unspecified atom stereocenters. The summed E-state index contributed by atoms with van der Waals surface area (Å²) in [4.78, 5) is 24.7. The lowest BCUT2D eigenvalue weighted by Crippen LogP contribution is -2.16. The number of aryl methyl sites for hydroxylation is 1. The van der Waals surface area contributed by atoms with Crippen molar-refractivity contribution in [3.8, 4) is 5.75 Å². The molecule has 4 rings (SSSR count). The Morgan fingerprint density at radius 1 is 0.912 bits per heavy atom. The molecule has 0 saturated carbocycles. The van der Waals surface area contributed by atoms with Crippen LogP contribution in [-0.2, 0) is 19.6 Å². The fraction of sp³-hybridized carbons (Fsp3) is 0.179. The van der Waals surface area contributed by atoms with E-state index in [9.17, 15) is 9.59 Å². The molecule has 0 radical (unpaired) electrons. The van der Waals surface area contributed by atoms with Gasteiger partial charge in [-0.2, -0.15) is 5.10 Å². The lowest BCUT2D eigenvalue weighted by molar-refractivity contribution is 0.0987. The van der Waals surface area contributed by atoms with Crippen LogP contribution in [0.5, 0.6) is 5.75 Å². The van der Waals surface area contributed by atoms with Gasteiger partial charge in [0, 0.05) is 28.8 Å². The zero-order valence-electron chi connectivity index (χ0n) is 19.3. The Bertz CT molecular complexity index is 1310. The SMILES string of the molecule is Cc1nn(Cc2ccccc2C(N)=O)c(C)c1CC(=O)c1ccc(COc2ccccc2)cc1. The van der Waals surface area contributed by atoms with Crippen molar-refractivity contribution in [3.05, 3.63) is 118 Å². The summed E-state index contributed by atoms with van der Waals surface area (Å²) in [5.41, 5.74) is 11.0. The molecule has 0 bridgehead atoms. The first-order valence-electron chi connectivity index (χ1n) is 11.1. The van der Waals surface area contributed by atoms with Gasteiger partial charge < -0.3 is 10.5 Å². The van der Waals surface area contributed by atoms with Crippen LogP contribution < -0.4 is 10.5 Å². The maximum atomic E-state index is 13.0. The first kappa shape index (κ1) is 23.0. The first-order valence-corrected chi connectivity index (χ1v) is 11.1. The number of nitrogens with two attached hydrogens (primary N) is 1. The van der Waals surface area contributed by atoms with Crippen LogP contribution >= 0.6 is 0 Å². The second kappa shape index (κ2) is 10.2. The molecular formula is C28H27N3O3. The highest BCUT2D eigenvalue weighted by Gasteiger charge is 2.17. The Morgan fingerprint density at radius 2 is 1.59 bits per heavy atom. The topological polar surface area (TPSA) is 87.2 Å². The van der Waals surface area contributed by atoms with Gasteiger partial charge in [-0.05, 0) is 43.2 Å². The average Bonchev–Trinajstić information content (AvgIpc) is 3.11. The van der Waals surface area contributed by atoms with E-state index in [1.54, 1.807) is 12.1 Å². The van der Waals surface area contributed by atoms with E-state index in [1.807, 2.05) is 85.3 Å². The van der Waals surface area contributed by atoms with E-state index in [1.165, 1.54) is 0 Å². The van der Waals surface area contributed by atoms with Gasteiger partial charge in [-0.3, -0.25) is 14.3 Å². The van der Waals surface area contributed by atoms with Crippen molar-refractivity contribution in [2.45, 2.75) is 33.4 Å². The molecule has 6 heteroatoms. The average molecular weight is 454 g/mol. The van der Waals surface area contributed by atoms with E-state index in [0.717, 1.165) is 33.8 Å². The predicted octanol–water partition coefficient (Wildman–Crippen LogP) is 4.65. The van der Waals surface area contributed by atoms with Gasteiger partial charge in [-0.15, -0.1) is 0 Å². The van der Waals surface area contributed by atoms with Gasteiger partial charge in [-0.25, -0.2) is 0 Å². The molecule has 4 aromatic rings. The van der Waals surface area contributed by atoms with Crippen LogP contribution in [0.1, 0.15) is 48.8 Å².